The smallest absolute Gasteiger partial charge is 0.406 e. The van der Waals surface area contributed by atoms with Crippen molar-refractivity contribution < 1.29 is 35.9 Å². The monoisotopic (exact) mass is 461 g/mol. The van der Waals surface area contributed by atoms with E-state index in [2.05, 4.69) is 9.13 Å². The van der Waals surface area contributed by atoms with Crippen molar-refractivity contribution >= 4 is 27.7 Å². The summed E-state index contributed by atoms with van der Waals surface area (Å²) in [7, 11) is -3.79. The van der Waals surface area contributed by atoms with Crippen molar-refractivity contribution in [1.82, 2.24) is 9.80 Å². The predicted octanol–water partition coefficient (Wildman–Crippen LogP) is 1.80. The number of alkyl halides is 3. The van der Waals surface area contributed by atoms with Gasteiger partial charge in [-0.25, -0.2) is 0 Å². The third-order valence-electron chi connectivity index (χ3n) is 5.06. The third-order valence-corrected chi connectivity index (χ3v) is 6.39. The van der Waals surface area contributed by atoms with Crippen molar-refractivity contribution in [1.29, 1.82) is 0 Å². The third kappa shape index (κ3) is 5.35. The van der Waals surface area contributed by atoms with Gasteiger partial charge in [-0.3, -0.25) is 9.59 Å². The molecule has 0 spiro atoms. The van der Waals surface area contributed by atoms with Gasteiger partial charge >= 0.3 is 12.1 Å². The second-order valence-corrected chi connectivity index (χ2v) is 8.83. The Balaban J connectivity index is 1.69. The van der Waals surface area contributed by atoms with Gasteiger partial charge in [0.2, 0.25) is 5.91 Å². The first-order valence-electron chi connectivity index (χ1n) is 9.72. The zero-order valence-electron chi connectivity index (χ0n) is 16.8. The maximum atomic E-state index is 12.9. The van der Waals surface area contributed by atoms with Crippen LogP contribution in [0.1, 0.15) is 25.3 Å². The Morgan fingerprint density at radius 1 is 1.23 bits per heavy atom. The van der Waals surface area contributed by atoms with E-state index in [0.717, 1.165) is 0 Å². The number of esters is 1. The lowest BCUT2D eigenvalue weighted by molar-refractivity contribution is -0.170. The largest absolute Gasteiger partial charge is 0.465 e. The Labute approximate surface area is 177 Å². The molecule has 1 aromatic carbocycles. The molecule has 12 heteroatoms. The highest BCUT2D eigenvalue weighted by molar-refractivity contribution is 7.90. The van der Waals surface area contributed by atoms with E-state index in [-0.39, 0.29) is 43.3 Å². The molecule has 2 aliphatic rings. The van der Waals surface area contributed by atoms with Gasteiger partial charge in [-0.1, -0.05) is 12.1 Å². The number of rotatable bonds is 5. The molecule has 3 rings (SSSR count). The molecule has 8 nitrogen and oxygen atoms in total. The van der Waals surface area contributed by atoms with E-state index in [1.54, 1.807) is 23.1 Å². The number of amides is 1. The summed E-state index contributed by atoms with van der Waals surface area (Å²) < 4.78 is 71.7. The minimum Gasteiger partial charge on any atom is -0.465 e. The van der Waals surface area contributed by atoms with E-state index < -0.39 is 47.1 Å². The molecule has 1 fully saturated rings. The van der Waals surface area contributed by atoms with Crippen LogP contribution in [0.25, 0.3) is 0 Å². The van der Waals surface area contributed by atoms with Gasteiger partial charge in [0.05, 0.1) is 6.61 Å². The number of carbonyl (C=O) groups is 2. The minimum atomic E-state index is -4.65. The molecule has 2 heterocycles. The topological polar surface area (TPSA) is 96.3 Å². The first-order chi connectivity index (χ1) is 14.5. The highest BCUT2D eigenvalue weighted by atomic mass is 32.2. The number of likely N-dealkylation sites (tertiary alicyclic amines) is 1. The summed E-state index contributed by atoms with van der Waals surface area (Å²) in [6, 6.07) is 6.39. The van der Waals surface area contributed by atoms with Gasteiger partial charge in [-0.15, -0.1) is 4.40 Å². The van der Waals surface area contributed by atoms with Crippen molar-refractivity contribution in [2.45, 2.75) is 30.8 Å². The fourth-order valence-corrected chi connectivity index (χ4v) is 4.93. The number of benzene rings is 1. The van der Waals surface area contributed by atoms with E-state index in [9.17, 15) is 31.2 Å². The summed E-state index contributed by atoms with van der Waals surface area (Å²) in [5.41, 5.74) is 0.466. The van der Waals surface area contributed by atoms with Gasteiger partial charge in [0, 0.05) is 24.6 Å². The summed E-state index contributed by atoms with van der Waals surface area (Å²) in [4.78, 5) is 26.7. The van der Waals surface area contributed by atoms with Gasteiger partial charge in [0.1, 0.15) is 18.0 Å². The van der Waals surface area contributed by atoms with Gasteiger partial charge in [-0.2, -0.15) is 21.6 Å². The summed E-state index contributed by atoms with van der Waals surface area (Å²) in [6.07, 6.45) is -4.24. The number of sulfonamides is 1. The lowest BCUT2D eigenvalue weighted by Crippen LogP contribution is -2.48. The predicted molar refractivity (Wildman–Crippen MR) is 104 cm³/mol. The number of hydrogen-bond donors (Lipinski definition) is 0. The molecule has 1 saturated heterocycles. The van der Waals surface area contributed by atoms with Crippen LogP contribution in [0, 0.1) is 5.92 Å². The van der Waals surface area contributed by atoms with Crippen molar-refractivity contribution in [2.24, 2.45) is 10.3 Å². The molecule has 1 amide bonds. The van der Waals surface area contributed by atoms with E-state index in [4.69, 9.17) is 0 Å². The molecule has 0 aliphatic carbocycles. The molecule has 0 radical (unpaired) electrons. The fraction of sp³-hybridized carbons (Fsp3) is 0.526. The Kier molecular flexibility index (Phi) is 6.58. The number of nitrogens with zero attached hydrogens (tertiary/aromatic N) is 3. The maximum absolute atomic E-state index is 12.9. The highest BCUT2D eigenvalue weighted by Gasteiger charge is 2.39. The molecule has 0 N–H and O–H groups in total. The minimum absolute atomic E-state index is 0.00222. The standard InChI is InChI=1S/C19H22F3N3O5S/c1-2-30-16(26)11-25(12-19(20,21)22)18(27)13-7-9-24(10-8-13)17-14-5-3-4-6-15(14)31(28,29)23-17/h3-6,13H,2,7-12H2,1H3. The molecule has 0 atom stereocenters. The van der Waals surface area contributed by atoms with Crippen LogP contribution < -0.4 is 0 Å². The summed E-state index contributed by atoms with van der Waals surface area (Å²) in [5.74, 6) is -2.12. The van der Waals surface area contributed by atoms with E-state index in [1.807, 2.05) is 0 Å². The molecular formula is C19H22F3N3O5S. The summed E-state index contributed by atoms with van der Waals surface area (Å²) >= 11 is 0. The van der Waals surface area contributed by atoms with Crippen molar-refractivity contribution in [3.05, 3.63) is 29.8 Å². The zero-order chi connectivity index (χ0) is 22.8. The molecule has 0 saturated carbocycles. The first-order valence-corrected chi connectivity index (χ1v) is 11.2. The quantitative estimate of drug-likeness (QED) is 0.621. The molecule has 0 bridgehead atoms. The number of amidine groups is 1. The number of ether oxygens (including phenoxy) is 1. The van der Waals surface area contributed by atoms with Crippen LogP contribution in [-0.2, 0) is 24.3 Å². The Morgan fingerprint density at radius 3 is 2.48 bits per heavy atom. The van der Waals surface area contributed by atoms with Crippen LogP contribution in [0.15, 0.2) is 33.6 Å². The Bertz CT molecular complexity index is 986. The molecule has 2 aliphatic heterocycles. The number of hydrogen-bond acceptors (Lipinski definition) is 6. The average molecular weight is 461 g/mol. The molecule has 170 valence electrons. The Hall–Kier alpha value is -2.63. The number of carbonyl (C=O) groups excluding carboxylic acids is 2. The highest BCUT2D eigenvalue weighted by Crippen LogP contribution is 2.30. The van der Waals surface area contributed by atoms with Crippen LogP contribution in [0.3, 0.4) is 0 Å². The Morgan fingerprint density at radius 2 is 1.87 bits per heavy atom. The molecule has 1 aromatic rings. The van der Waals surface area contributed by atoms with E-state index in [1.165, 1.54) is 13.0 Å². The molecule has 31 heavy (non-hydrogen) atoms. The fourth-order valence-electron chi connectivity index (χ4n) is 3.70. The van der Waals surface area contributed by atoms with E-state index in [0.29, 0.717) is 10.5 Å². The van der Waals surface area contributed by atoms with Gasteiger partial charge in [-0.05, 0) is 31.9 Å². The lowest BCUT2D eigenvalue weighted by atomic mass is 9.94. The van der Waals surface area contributed by atoms with Gasteiger partial charge in [0.15, 0.2) is 5.84 Å². The summed E-state index contributed by atoms with van der Waals surface area (Å²) in [5, 5.41) is 0. The van der Waals surface area contributed by atoms with Gasteiger partial charge < -0.3 is 14.5 Å². The van der Waals surface area contributed by atoms with Crippen LogP contribution >= 0.6 is 0 Å². The zero-order valence-corrected chi connectivity index (χ0v) is 17.6. The number of piperidine rings is 1. The number of halogens is 3. The maximum Gasteiger partial charge on any atom is 0.406 e. The van der Waals surface area contributed by atoms with Crippen molar-refractivity contribution in [2.75, 3.05) is 32.8 Å². The van der Waals surface area contributed by atoms with Crippen LogP contribution in [-0.4, -0.2) is 74.9 Å². The normalized spacial score (nSPS) is 18.3. The second-order valence-electron chi connectivity index (χ2n) is 7.26. The van der Waals surface area contributed by atoms with Crippen molar-refractivity contribution in [3.8, 4) is 0 Å². The van der Waals surface area contributed by atoms with Crippen LogP contribution in [0.5, 0.6) is 0 Å². The van der Waals surface area contributed by atoms with Crippen LogP contribution in [0.2, 0.25) is 0 Å². The SMILES string of the molecule is CCOC(=O)CN(CC(F)(F)F)C(=O)C1CCN(C2=NS(=O)(=O)c3ccccc32)CC1. The van der Waals surface area contributed by atoms with Crippen LogP contribution in [0.4, 0.5) is 13.2 Å². The average Bonchev–Trinajstić information content (AvgIpc) is 2.98. The lowest BCUT2D eigenvalue weighted by Gasteiger charge is -2.35. The van der Waals surface area contributed by atoms with Crippen molar-refractivity contribution in [3.63, 3.8) is 0 Å². The summed E-state index contributed by atoms with van der Waals surface area (Å²) in [6.45, 7) is -0.296. The van der Waals surface area contributed by atoms with Gasteiger partial charge in [0.25, 0.3) is 10.0 Å². The first kappa shape index (κ1) is 23.0. The van der Waals surface area contributed by atoms with E-state index >= 15 is 0 Å². The second kappa shape index (κ2) is 8.85. The molecule has 0 aromatic heterocycles. The molecular weight excluding hydrogens is 439 g/mol. The number of fused-ring (bicyclic) bond motifs is 1. The molecule has 0 unspecified atom stereocenters.